The van der Waals surface area contributed by atoms with Crippen LogP contribution >= 0.6 is 0 Å². The molecule has 3 N–H and O–H groups in total. The lowest BCUT2D eigenvalue weighted by Gasteiger charge is -1.98. The lowest BCUT2D eigenvalue weighted by Crippen LogP contribution is -2.11. The molecule has 0 fully saturated rings. The van der Waals surface area contributed by atoms with Gasteiger partial charge in [0.1, 0.15) is 17.3 Å². The lowest BCUT2D eigenvalue weighted by atomic mass is 10.1. The molecule has 0 atom stereocenters. The van der Waals surface area contributed by atoms with E-state index in [1.165, 1.54) is 0 Å². The highest BCUT2D eigenvalue weighted by molar-refractivity contribution is 5.73. The van der Waals surface area contributed by atoms with Gasteiger partial charge in [-0.1, -0.05) is 30.3 Å². The summed E-state index contributed by atoms with van der Waals surface area (Å²) < 4.78 is 1.56. The van der Waals surface area contributed by atoms with Gasteiger partial charge in [0.25, 0.3) is 0 Å². The van der Waals surface area contributed by atoms with Crippen LogP contribution < -0.4 is 11.3 Å². The third-order valence-corrected chi connectivity index (χ3v) is 2.34. The van der Waals surface area contributed by atoms with Gasteiger partial charge in [-0.25, -0.2) is 10.5 Å². The number of nitriles is 1. The number of hydrazine groups is 1. The van der Waals surface area contributed by atoms with Gasteiger partial charge in [-0.2, -0.15) is 10.4 Å². The molecular weight excluding hydrogens is 202 g/mol. The molecule has 0 saturated carbocycles. The molecule has 0 aliphatic rings. The van der Waals surface area contributed by atoms with Gasteiger partial charge in [0.2, 0.25) is 0 Å². The van der Waals surface area contributed by atoms with Crippen molar-refractivity contribution in [2.45, 2.75) is 0 Å². The summed E-state index contributed by atoms with van der Waals surface area (Å²) in [5.41, 5.74) is 4.47. The van der Waals surface area contributed by atoms with E-state index in [1.807, 2.05) is 30.3 Å². The minimum atomic E-state index is 0.455. The van der Waals surface area contributed by atoms with E-state index in [4.69, 9.17) is 11.1 Å². The zero-order chi connectivity index (χ0) is 11.5. The van der Waals surface area contributed by atoms with Crippen LogP contribution in [0.2, 0.25) is 0 Å². The largest absolute Gasteiger partial charge is 0.308 e. The molecule has 2 rings (SSSR count). The van der Waals surface area contributed by atoms with Crippen LogP contribution in [0.3, 0.4) is 0 Å². The summed E-state index contributed by atoms with van der Waals surface area (Å²) in [5.74, 6) is 5.87. The molecule has 0 spiro atoms. The van der Waals surface area contributed by atoms with Crippen molar-refractivity contribution >= 4 is 5.82 Å². The molecule has 16 heavy (non-hydrogen) atoms. The van der Waals surface area contributed by atoms with Crippen molar-refractivity contribution < 1.29 is 0 Å². The predicted molar refractivity (Wildman–Crippen MR) is 61.2 cm³/mol. The molecule has 0 unspecified atom stereocenters. The van der Waals surface area contributed by atoms with Crippen LogP contribution in [0.25, 0.3) is 11.3 Å². The Morgan fingerprint density at radius 1 is 1.38 bits per heavy atom. The second-order valence-corrected chi connectivity index (χ2v) is 3.32. The van der Waals surface area contributed by atoms with E-state index in [2.05, 4.69) is 16.6 Å². The first kappa shape index (κ1) is 10.2. The summed E-state index contributed by atoms with van der Waals surface area (Å²) in [5, 5.41) is 13.4. The smallest absolute Gasteiger partial charge is 0.156 e. The van der Waals surface area contributed by atoms with Crippen molar-refractivity contribution in [3.05, 3.63) is 35.9 Å². The average molecular weight is 213 g/mol. The first-order valence-corrected chi connectivity index (χ1v) is 4.77. The van der Waals surface area contributed by atoms with Crippen LogP contribution in [0.1, 0.15) is 5.56 Å². The van der Waals surface area contributed by atoms with Crippen molar-refractivity contribution in [3.63, 3.8) is 0 Å². The van der Waals surface area contributed by atoms with Crippen LogP contribution in [-0.2, 0) is 7.05 Å². The molecular formula is C11H11N5. The van der Waals surface area contributed by atoms with E-state index in [9.17, 15) is 0 Å². The molecule has 0 aliphatic heterocycles. The Morgan fingerprint density at radius 2 is 2.06 bits per heavy atom. The Balaban J connectivity index is 2.63. The topological polar surface area (TPSA) is 79.7 Å². The van der Waals surface area contributed by atoms with Crippen LogP contribution in [0.4, 0.5) is 5.82 Å². The molecule has 0 radical (unpaired) electrons. The van der Waals surface area contributed by atoms with Gasteiger partial charge in [-0.05, 0) is 0 Å². The maximum absolute atomic E-state index is 9.11. The first-order valence-electron chi connectivity index (χ1n) is 4.77. The lowest BCUT2D eigenvalue weighted by molar-refractivity contribution is 0.774. The zero-order valence-electron chi connectivity index (χ0n) is 8.81. The second kappa shape index (κ2) is 4.04. The van der Waals surface area contributed by atoms with Crippen LogP contribution in [-0.4, -0.2) is 9.78 Å². The van der Waals surface area contributed by atoms with Crippen LogP contribution in [0.15, 0.2) is 30.3 Å². The number of rotatable bonds is 2. The SMILES string of the molecule is Cn1nc(-c2ccccc2)c(C#N)c1NN. The van der Waals surface area contributed by atoms with Crippen LogP contribution in [0, 0.1) is 11.3 Å². The number of benzene rings is 1. The normalized spacial score (nSPS) is 9.81. The highest BCUT2D eigenvalue weighted by Gasteiger charge is 2.16. The minimum Gasteiger partial charge on any atom is -0.308 e. The van der Waals surface area contributed by atoms with Crippen LogP contribution in [0.5, 0.6) is 0 Å². The van der Waals surface area contributed by atoms with Crippen molar-refractivity contribution in [3.8, 4) is 17.3 Å². The molecule has 0 aliphatic carbocycles. The van der Waals surface area contributed by atoms with Crippen molar-refractivity contribution in [1.82, 2.24) is 9.78 Å². The number of nitrogens with zero attached hydrogens (tertiary/aromatic N) is 3. The molecule has 5 nitrogen and oxygen atoms in total. The predicted octanol–water partition coefficient (Wildman–Crippen LogP) is 1.24. The van der Waals surface area contributed by atoms with Gasteiger partial charge in [0.15, 0.2) is 5.82 Å². The molecule has 80 valence electrons. The molecule has 1 aromatic carbocycles. The van der Waals surface area contributed by atoms with E-state index in [1.54, 1.807) is 11.7 Å². The quantitative estimate of drug-likeness (QED) is 0.581. The number of nitrogens with one attached hydrogen (secondary N) is 1. The minimum absolute atomic E-state index is 0.455. The molecule has 1 heterocycles. The zero-order valence-corrected chi connectivity index (χ0v) is 8.81. The van der Waals surface area contributed by atoms with Gasteiger partial charge in [0.05, 0.1) is 0 Å². The third kappa shape index (κ3) is 1.51. The third-order valence-electron chi connectivity index (χ3n) is 2.34. The van der Waals surface area contributed by atoms with Gasteiger partial charge < -0.3 is 5.43 Å². The highest BCUT2D eigenvalue weighted by Crippen LogP contribution is 2.26. The molecule has 5 heteroatoms. The number of nitrogen functional groups attached to an aromatic ring is 1. The molecule has 0 bridgehead atoms. The number of hydrogen-bond acceptors (Lipinski definition) is 4. The summed E-state index contributed by atoms with van der Waals surface area (Å²) in [6.45, 7) is 0. The fraction of sp³-hybridized carbons (Fsp3) is 0.0909. The molecule has 0 saturated heterocycles. The van der Waals surface area contributed by atoms with E-state index in [0.29, 0.717) is 17.1 Å². The summed E-state index contributed by atoms with van der Waals surface area (Å²) in [6.07, 6.45) is 0. The Morgan fingerprint density at radius 3 is 2.62 bits per heavy atom. The van der Waals surface area contributed by atoms with Gasteiger partial charge >= 0.3 is 0 Å². The van der Waals surface area contributed by atoms with E-state index < -0.39 is 0 Å². The maximum atomic E-state index is 9.11. The molecule has 2 aromatic rings. The standard InChI is InChI=1S/C11H11N5/c1-16-11(14-13)9(7-12)10(15-16)8-5-3-2-4-6-8/h2-6,14H,13H2,1H3. The van der Waals surface area contributed by atoms with Gasteiger partial charge in [-0.15, -0.1) is 0 Å². The van der Waals surface area contributed by atoms with E-state index in [-0.39, 0.29) is 0 Å². The van der Waals surface area contributed by atoms with Crippen molar-refractivity contribution in [1.29, 1.82) is 5.26 Å². The fourth-order valence-corrected chi connectivity index (χ4v) is 1.59. The Labute approximate surface area is 93.1 Å². The molecule has 0 amide bonds. The van der Waals surface area contributed by atoms with E-state index in [0.717, 1.165) is 5.56 Å². The number of nitrogens with two attached hydrogens (primary N) is 1. The Hall–Kier alpha value is -2.32. The van der Waals surface area contributed by atoms with E-state index >= 15 is 0 Å². The second-order valence-electron chi connectivity index (χ2n) is 3.32. The Bertz CT molecular complexity index is 535. The van der Waals surface area contributed by atoms with Crippen molar-refractivity contribution in [2.24, 2.45) is 12.9 Å². The number of aryl methyl sites for hydroxylation is 1. The molecule has 1 aromatic heterocycles. The first-order chi connectivity index (χ1) is 7.77. The number of anilines is 1. The monoisotopic (exact) mass is 213 g/mol. The van der Waals surface area contributed by atoms with Gasteiger partial charge in [0, 0.05) is 12.6 Å². The van der Waals surface area contributed by atoms with Gasteiger partial charge in [-0.3, -0.25) is 0 Å². The fourth-order valence-electron chi connectivity index (χ4n) is 1.59. The summed E-state index contributed by atoms with van der Waals surface area (Å²) in [4.78, 5) is 0. The maximum Gasteiger partial charge on any atom is 0.156 e. The summed E-state index contributed by atoms with van der Waals surface area (Å²) >= 11 is 0. The van der Waals surface area contributed by atoms with Crippen molar-refractivity contribution in [2.75, 3.05) is 5.43 Å². The Kier molecular flexibility index (Phi) is 2.58. The summed E-state index contributed by atoms with van der Waals surface area (Å²) in [6, 6.07) is 11.6. The average Bonchev–Trinajstić information content (AvgIpc) is 2.66. The highest BCUT2D eigenvalue weighted by atomic mass is 15.4. The number of aromatic nitrogens is 2. The summed E-state index contributed by atoms with van der Waals surface area (Å²) in [7, 11) is 1.74. The number of hydrogen-bond donors (Lipinski definition) is 2.